The van der Waals surface area contributed by atoms with Crippen molar-refractivity contribution < 1.29 is 22.4 Å². The molecule has 3 nitrogen and oxygen atoms in total. The van der Waals surface area contributed by atoms with Crippen molar-refractivity contribution in [2.45, 2.75) is 31.5 Å². The number of carbonyl (C=O) groups excluding carboxylic acids is 1. The van der Waals surface area contributed by atoms with Crippen LogP contribution in [-0.2, 0) is 6.18 Å². The Balaban J connectivity index is 1.97. The Morgan fingerprint density at radius 3 is 2.76 bits per heavy atom. The maximum atomic E-state index is 13.5. The lowest BCUT2D eigenvalue weighted by Gasteiger charge is -2.12. The van der Waals surface area contributed by atoms with Crippen molar-refractivity contribution in [2.75, 3.05) is 13.1 Å². The Morgan fingerprint density at radius 2 is 2.14 bits per heavy atom. The average molecular weight is 304 g/mol. The highest BCUT2D eigenvalue weighted by atomic mass is 19.4. The van der Waals surface area contributed by atoms with E-state index in [-0.39, 0.29) is 0 Å². The molecule has 21 heavy (non-hydrogen) atoms. The second kappa shape index (κ2) is 6.43. The Bertz CT molecular complexity index is 510. The highest BCUT2D eigenvalue weighted by Crippen LogP contribution is 2.30. The lowest BCUT2D eigenvalue weighted by Crippen LogP contribution is -2.31. The van der Waals surface area contributed by atoms with Crippen molar-refractivity contribution in [2.24, 2.45) is 0 Å². The van der Waals surface area contributed by atoms with Gasteiger partial charge in [-0.05, 0) is 44.0 Å². The molecule has 1 heterocycles. The third-order valence-corrected chi connectivity index (χ3v) is 3.48. The molecule has 1 aliphatic heterocycles. The van der Waals surface area contributed by atoms with E-state index in [0.29, 0.717) is 37.2 Å². The summed E-state index contributed by atoms with van der Waals surface area (Å²) >= 11 is 0. The zero-order valence-corrected chi connectivity index (χ0v) is 11.3. The molecule has 0 unspecified atom stereocenters. The number of carbonyl (C=O) groups is 1. The van der Waals surface area contributed by atoms with Gasteiger partial charge in [0.2, 0.25) is 0 Å². The van der Waals surface area contributed by atoms with Crippen molar-refractivity contribution in [3.8, 4) is 0 Å². The second-order valence-corrected chi connectivity index (χ2v) is 5.03. The van der Waals surface area contributed by atoms with Crippen LogP contribution < -0.4 is 10.6 Å². The summed E-state index contributed by atoms with van der Waals surface area (Å²) < 4.78 is 51.2. The van der Waals surface area contributed by atoms with Crippen molar-refractivity contribution >= 4 is 5.91 Å². The lowest BCUT2D eigenvalue weighted by molar-refractivity contribution is -0.137. The predicted molar refractivity (Wildman–Crippen MR) is 69.4 cm³/mol. The molecule has 1 atom stereocenters. The molecule has 116 valence electrons. The van der Waals surface area contributed by atoms with Crippen LogP contribution in [-0.4, -0.2) is 25.0 Å². The van der Waals surface area contributed by atoms with Crippen molar-refractivity contribution in [1.82, 2.24) is 10.6 Å². The summed E-state index contributed by atoms with van der Waals surface area (Å²) in [5, 5.41) is 5.70. The molecule has 1 amide bonds. The summed E-state index contributed by atoms with van der Waals surface area (Å²) in [5.41, 5.74) is -1.62. The van der Waals surface area contributed by atoms with E-state index in [4.69, 9.17) is 0 Å². The summed E-state index contributed by atoms with van der Waals surface area (Å²) in [6.45, 7) is 1.23. The molecule has 0 aromatic heterocycles. The van der Waals surface area contributed by atoms with Crippen LogP contribution in [0, 0.1) is 5.82 Å². The Kier molecular flexibility index (Phi) is 4.82. The quantitative estimate of drug-likeness (QED) is 0.840. The summed E-state index contributed by atoms with van der Waals surface area (Å²) in [6.07, 6.45) is -1.85. The number of alkyl halides is 3. The van der Waals surface area contributed by atoms with Crippen LogP contribution in [0.4, 0.5) is 17.6 Å². The predicted octanol–water partition coefficient (Wildman–Crippen LogP) is 2.72. The van der Waals surface area contributed by atoms with Crippen LogP contribution >= 0.6 is 0 Å². The van der Waals surface area contributed by atoms with Gasteiger partial charge in [0.25, 0.3) is 5.91 Å². The SMILES string of the molecule is O=C(NCC[C@H]1CCCN1)c1cc(C(F)(F)F)ccc1F. The van der Waals surface area contributed by atoms with Crippen LogP contribution in [0.2, 0.25) is 0 Å². The summed E-state index contributed by atoms with van der Waals surface area (Å²) in [5.74, 6) is -1.78. The standard InChI is InChI=1S/C14H16F4N2O/c15-12-4-3-9(14(16,17)18)8-11(12)13(21)20-7-5-10-2-1-6-19-10/h3-4,8,10,19H,1-2,5-7H2,(H,20,21)/t10-/m1/s1. The van der Waals surface area contributed by atoms with Gasteiger partial charge in [-0.2, -0.15) is 13.2 Å². The molecule has 0 bridgehead atoms. The number of rotatable bonds is 4. The van der Waals surface area contributed by atoms with E-state index in [0.717, 1.165) is 19.4 Å². The second-order valence-electron chi connectivity index (χ2n) is 5.03. The molecule has 0 aliphatic carbocycles. The minimum absolute atomic E-state index is 0.298. The molecule has 1 aromatic carbocycles. The number of hydrogen-bond donors (Lipinski definition) is 2. The van der Waals surface area contributed by atoms with Crippen molar-refractivity contribution in [1.29, 1.82) is 0 Å². The number of nitrogens with one attached hydrogen (secondary N) is 2. The fourth-order valence-electron chi connectivity index (χ4n) is 2.33. The van der Waals surface area contributed by atoms with E-state index in [1.165, 1.54) is 0 Å². The first-order valence-corrected chi connectivity index (χ1v) is 6.76. The van der Waals surface area contributed by atoms with Gasteiger partial charge in [0.05, 0.1) is 11.1 Å². The highest BCUT2D eigenvalue weighted by Gasteiger charge is 2.31. The number of hydrogen-bond acceptors (Lipinski definition) is 2. The van der Waals surface area contributed by atoms with E-state index in [1.54, 1.807) is 0 Å². The topological polar surface area (TPSA) is 41.1 Å². The van der Waals surface area contributed by atoms with E-state index < -0.39 is 29.0 Å². The van der Waals surface area contributed by atoms with Gasteiger partial charge in [0.1, 0.15) is 5.82 Å². The van der Waals surface area contributed by atoms with Gasteiger partial charge in [-0.3, -0.25) is 4.79 Å². The smallest absolute Gasteiger partial charge is 0.352 e. The average Bonchev–Trinajstić information content (AvgIpc) is 2.91. The van der Waals surface area contributed by atoms with E-state index >= 15 is 0 Å². The molecular weight excluding hydrogens is 288 g/mol. The van der Waals surface area contributed by atoms with Gasteiger partial charge in [-0.1, -0.05) is 0 Å². The van der Waals surface area contributed by atoms with E-state index in [1.807, 2.05) is 0 Å². The highest BCUT2D eigenvalue weighted by molar-refractivity contribution is 5.94. The monoisotopic (exact) mass is 304 g/mol. The molecule has 1 aromatic rings. The third kappa shape index (κ3) is 4.17. The Labute approximate surface area is 119 Å². The first-order chi connectivity index (χ1) is 9.88. The molecule has 1 saturated heterocycles. The Hall–Kier alpha value is -1.63. The van der Waals surface area contributed by atoms with Crippen LogP contribution in [0.25, 0.3) is 0 Å². The molecule has 0 saturated carbocycles. The van der Waals surface area contributed by atoms with Crippen LogP contribution in [0.3, 0.4) is 0 Å². The first kappa shape index (κ1) is 15.8. The van der Waals surface area contributed by atoms with Gasteiger partial charge in [0, 0.05) is 12.6 Å². The maximum Gasteiger partial charge on any atom is 0.416 e. The van der Waals surface area contributed by atoms with Crippen LogP contribution in [0.15, 0.2) is 18.2 Å². The molecular formula is C14H16F4N2O. The van der Waals surface area contributed by atoms with E-state index in [2.05, 4.69) is 10.6 Å². The molecule has 1 fully saturated rings. The minimum atomic E-state index is -4.60. The van der Waals surface area contributed by atoms with Gasteiger partial charge >= 0.3 is 6.18 Å². The van der Waals surface area contributed by atoms with Crippen LogP contribution in [0.1, 0.15) is 35.2 Å². The fourth-order valence-corrected chi connectivity index (χ4v) is 2.33. The number of benzene rings is 1. The minimum Gasteiger partial charge on any atom is -0.352 e. The molecule has 7 heteroatoms. The zero-order chi connectivity index (χ0) is 15.5. The largest absolute Gasteiger partial charge is 0.416 e. The van der Waals surface area contributed by atoms with Crippen LogP contribution in [0.5, 0.6) is 0 Å². The molecule has 1 aliphatic rings. The van der Waals surface area contributed by atoms with Gasteiger partial charge < -0.3 is 10.6 Å². The van der Waals surface area contributed by atoms with Gasteiger partial charge in [0.15, 0.2) is 0 Å². The normalized spacial score (nSPS) is 18.8. The number of amides is 1. The first-order valence-electron chi connectivity index (χ1n) is 6.76. The molecule has 2 rings (SSSR count). The number of halogens is 4. The van der Waals surface area contributed by atoms with E-state index in [9.17, 15) is 22.4 Å². The Morgan fingerprint density at radius 1 is 1.38 bits per heavy atom. The lowest BCUT2D eigenvalue weighted by atomic mass is 10.1. The fraction of sp³-hybridized carbons (Fsp3) is 0.500. The summed E-state index contributed by atoms with van der Waals surface area (Å²) in [6, 6.07) is 2.13. The zero-order valence-electron chi connectivity index (χ0n) is 11.3. The molecule has 2 N–H and O–H groups in total. The van der Waals surface area contributed by atoms with Crippen molar-refractivity contribution in [3.05, 3.63) is 35.1 Å². The molecule has 0 radical (unpaired) electrons. The van der Waals surface area contributed by atoms with Crippen molar-refractivity contribution in [3.63, 3.8) is 0 Å². The third-order valence-electron chi connectivity index (χ3n) is 3.48. The summed E-state index contributed by atoms with van der Waals surface area (Å²) in [7, 11) is 0. The maximum absolute atomic E-state index is 13.5. The molecule has 0 spiro atoms. The van der Waals surface area contributed by atoms with Gasteiger partial charge in [-0.15, -0.1) is 0 Å². The summed E-state index contributed by atoms with van der Waals surface area (Å²) in [4.78, 5) is 11.8. The van der Waals surface area contributed by atoms with Gasteiger partial charge in [-0.25, -0.2) is 4.39 Å².